The van der Waals surface area contributed by atoms with Gasteiger partial charge in [-0.3, -0.25) is 9.78 Å². The molecule has 0 saturated heterocycles. The van der Waals surface area contributed by atoms with E-state index in [0.717, 1.165) is 22.5 Å². The number of aromatic nitrogens is 1. The minimum Gasteiger partial charge on any atom is -0.356 e. The molecule has 0 fully saturated rings. The third kappa shape index (κ3) is 4.65. The Labute approximate surface area is 168 Å². The highest BCUT2D eigenvalue weighted by atomic mass is 19.1. The van der Waals surface area contributed by atoms with E-state index in [1.807, 2.05) is 42.5 Å². The highest BCUT2D eigenvalue weighted by Crippen LogP contribution is 2.23. The summed E-state index contributed by atoms with van der Waals surface area (Å²) in [6.45, 7) is 0. The molecular formula is C24H18FN3O. The van der Waals surface area contributed by atoms with Crippen LogP contribution >= 0.6 is 0 Å². The van der Waals surface area contributed by atoms with Gasteiger partial charge in [-0.1, -0.05) is 24.3 Å². The smallest absolute Gasteiger partial charge is 0.255 e. The molecule has 3 aromatic carbocycles. The van der Waals surface area contributed by atoms with Crippen LogP contribution in [0.5, 0.6) is 0 Å². The largest absolute Gasteiger partial charge is 0.356 e. The molecule has 142 valence electrons. The third-order valence-corrected chi connectivity index (χ3v) is 4.39. The maximum absolute atomic E-state index is 13.3. The average molecular weight is 383 g/mol. The second kappa shape index (κ2) is 8.35. The molecule has 1 heterocycles. The van der Waals surface area contributed by atoms with Crippen molar-refractivity contribution in [3.63, 3.8) is 0 Å². The lowest BCUT2D eigenvalue weighted by molar-refractivity contribution is 0.102. The van der Waals surface area contributed by atoms with Gasteiger partial charge in [0.15, 0.2) is 0 Å². The van der Waals surface area contributed by atoms with Gasteiger partial charge in [-0.05, 0) is 71.8 Å². The number of rotatable bonds is 5. The van der Waals surface area contributed by atoms with Gasteiger partial charge in [0.05, 0.1) is 0 Å². The minimum absolute atomic E-state index is 0.299. The summed E-state index contributed by atoms with van der Waals surface area (Å²) in [6.07, 6.45) is 3.53. The van der Waals surface area contributed by atoms with Crippen LogP contribution < -0.4 is 10.6 Å². The number of benzene rings is 3. The molecule has 2 N–H and O–H groups in total. The molecular weight excluding hydrogens is 365 g/mol. The maximum atomic E-state index is 13.3. The van der Waals surface area contributed by atoms with Crippen LogP contribution in [0.25, 0.3) is 11.1 Å². The molecule has 29 heavy (non-hydrogen) atoms. The molecule has 0 radical (unpaired) electrons. The SMILES string of the molecule is O=C(Nc1cccc(F)c1)c1cccc(Nc2ccc(-c3ccncc3)cc2)c1. The van der Waals surface area contributed by atoms with Crippen LogP contribution in [0.1, 0.15) is 10.4 Å². The van der Waals surface area contributed by atoms with Crippen LogP contribution in [0.3, 0.4) is 0 Å². The third-order valence-electron chi connectivity index (χ3n) is 4.39. The van der Waals surface area contributed by atoms with E-state index >= 15 is 0 Å². The van der Waals surface area contributed by atoms with Crippen LogP contribution in [-0.2, 0) is 0 Å². The van der Waals surface area contributed by atoms with Crippen LogP contribution in [0, 0.1) is 5.82 Å². The molecule has 0 aliphatic rings. The molecule has 4 nitrogen and oxygen atoms in total. The first-order chi connectivity index (χ1) is 14.2. The van der Waals surface area contributed by atoms with Crippen molar-refractivity contribution < 1.29 is 9.18 Å². The van der Waals surface area contributed by atoms with E-state index in [0.29, 0.717) is 11.3 Å². The first-order valence-electron chi connectivity index (χ1n) is 9.12. The summed E-state index contributed by atoms with van der Waals surface area (Å²) in [7, 11) is 0. The number of amides is 1. The molecule has 0 aliphatic heterocycles. The minimum atomic E-state index is -0.395. The van der Waals surface area contributed by atoms with E-state index in [1.165, 1.54) is 12.1 Å². The van der Waals surface area contributed by atoms with Gasteiger partial charge in [0, 0.05) is 35.0 Å². The Morgan fingerprint density at radius 3 is 2.17 bits per heavy atom. The Bertz CT molecular complexity index is 1130. The molecule has 0 spiro atoms. The van der Waals surface area contributed by atoms with Gasteiger partial charge in [0.1, 0.15) is 5.82 Å². The predicted octanol–water partition coefficient (Wildman–Crippen LogP) is 5.88. The number of nitrogens with zero attached hydrogens (tertiary/aromatic N) is 1. The first kappa shape index (κ1) is 18.4. The van der Waals surface area contributed by atoms with Crippen molar-refractivity contribution in [2.24, 2.45) is 0 Å². The van der Waals surface area contributed by atoms with Gasteiger partial charge in [-0.2, -0.15) is 0 Å². The second-order valence-electron chi connectivity index (χ2n) is 6.48. The molecule has 0 bridgehead atoms. The van der Waals surface area contributed by atoms with Gasteiger partial charge < -0.3 is 10.6 Å². The van der Waals surface area contributed by atoms with Crippen LogP contribution in [0.4, 0.5) is 21.5 Å². The highest BCUT2D eigenvalue weighted by Gasteiger charge is 2.08. The summed E-state index contributed by atoms with van der Waals surface area (Å²) in [5, 5.41) is 6.00. The Hall–Kier alpha value is -3.99. The quantitative estimate of drug-likeness (QED) is 0.452. The van der Waals surface area contributed by atoms with E-state index in [9.17, 15) is 9.18 Å². The molecule has 0 unspecified atom stereocenters. The lowest BCUT2D eigenvalue weighted by Crippen LogP contribution is -2.12. The van der Waals surface area contributed by atoms with Crippen molar-refractivity contribution in [2.75, 3.05) is 10.6 Å². The van der Waals surface area contributed by atoms with Crippen LogP contribution in [-0.4, -0.2) is 10.9 Å². The molecule has 1 amide bonds. The number of carbonyl (C=O) groups is 1. The van der Waals surface area contributed by atoms with E-state index in [-0.39, 0.29) is 5.91 Å². The van der Waals surface area contributed by atoms with E-state index in [4.69, 9.17) is 0 Å². The van der Waals surface area contributed by atoms with Gasteiger partial charge in [0.25, 0.3) is 5.91 Å². The Morgan fingerprint density at radius 1 is 0.724 bits per heavy atom. The van der Waals surface area contributed by atoms with Gasteiger partial charge in [0.2, 0.25) is 0 Å². The van der Waals surface area contributed by atoms with Crippen molar-refractivity contribution in [3.05, 3.63) is 109 Å². The fourth-order valence-electron chi connectivity index (χ4n) is 2.96. The van der Waals surface area contributed by atoms with Crippen LogP contribution in [0.2, 0.25) is 0 Å². The number of halogens is 1. The van der Waals surface area contributed by atoms with Gasteiger partial charge >= 0.3 is 0 Å². The molecule has 5 heteroatoms. The normalized spacial score (nSPS) is 10.4. The number of anilines is 3. The summed E-state index contributed by atoms with van der Waals surface area (Å²) < 4.78 is 13.3. The lowest BCUT2D eigenvalue weighted by atomic mass is 10.1. The summed E-state index contributed by atoms with van der Waals surface area (Å²) in [6, 6.07) is 24.9. The zero-order chi connectivity index (χ0) is 20.1. The molecule has 0 saturated carbocycles. The fourth-order valence-corrected chi connectivity index (χ4v) is 2.96. The molecule has 0 atom stereocenters. The van der Waals surface area contributed by atoms with E-state index in [2.05, 4.69) is 15.6 Å². The zero-order valence-corrected chi connectivity index (χ0v) is 15.5. The summed E-state index contributed by atoms with van der Waals surface area (Å²) >= 11 is 0. The summed E-state index contributed by atoms with van der Waals surface area (Å²) in [4.78, 5) is 16.5. The van der Waals surface area contributed by atoms with Crippen molar-refractivity contribution in [2.45, 2.75) is 0 Å². The van der Waals surface area contributed by atoms with Crippen molar-refractivity contribution >= 4 is 23.0 Å². The first-order valence-corrected chi connectivity index (χ1v) is 9.12. The summed E-state index contributed by atoms with van der Waals surface area (Å²) in [5.74, 6) is -0.694. The van der Waals surface area contributed by atoms with E-state index in [1.54, 1.807) is 42.7 Å². The van der Waals surface area contributed by atoms with Gasteiger partial charge in [-0.15, -0.1) is 0 Å². The Kier molecular flexibility index (Phi) is 5.29. The average Bonchev–Trinajstić information content (AvgIpc) is 2.75. The number of nitrogens with one attached hydrogen (secondary N) is 2. The number of hydrogen-bond acceptors (Lipinski definition) is 3. The topological polar surface area (TPSA) is 54.0 Å². The summed E-state index contributed by atoms with van der Waals surface area (Å²) in [5.41, 5.74) is 4.79. The zero-order valence-electron chi connectivity index (χ0n) is 15.5. The number of pyridine rings is 1. The maximum Gasteiger partial charge on any atom is 0.255 e. The van der Waals surface area contributed by atoms with Crippen molar-refractivity contribution in [1.29, 1.82) is 0 Å². The van der Waals surface area contributed by atoms with E-state index < -0.39 is 5.82 Å². The monoisotopic (exact) mass is 383 g/mol. The van der Waals surface area contributed by atoms with Gasteiger partial charge in [-0.25, -0.2) is 4.39 Å². The Morgan fingerprint density at radius 2 is 1.41 bits per heavy atom. The standard InChI is InChI=1S/C24H18FN3O/c25-20-4-2-6-23(16-20)28-24(29)19-3-1-5-22(15-19)27-21-9-7-17(8-10-21)18-11-13-26-14-12-18/h1-16,27H,(H,28,29). The van der Waals surface area contributed by atoms with Crippen molar-refractivity contribution in [1.82, 2.24) is 4.98 Å². The number of carbonyl (C=O) groups excluding carboxylic acids is 1. The second-order valence-corrected chi connectivity index (χ2v) is 6.48. The molecule has 0 aliphatic carbocycles. The highest BCUT2D eigenvalue weighted by molar-refractivity contribution is 6.04. The predicted molar refractivity (Wildman–Crippen MR) is 114 cm³/mol. The number of hydrogen-bond donors (Lipinski definition) is 2. The van der Waals surface area contributed by atoms with Crippen molar-refractivity contribution in [3.8, 4) is 11.1 Å². The van der Waals surface area contributed by atoms with Crippen LogP contribution in [0.15, 0.2) is 97.3 Å². The lowest BCUT2D eigenvalue weighted by Gasteiger charge is -2.10. The molecule has 4 rings (SSSR count). The fraction of sp³-hybridized carbons (Fsp3) is 0. The molecule has 1 aromatic heterocycles. The Balaban J connectivity index is 1.47. The molecule has 4 aromatic rings.